The molecule has 1 aromatic rings. The Morgan fingerprint density at radius 1 is 1.42 bits per heavy atom. The van der Waals surface area contributed by atoms with Gasteiger partial charge in [-0.1, -0.05) is 11.6 Å². The van der Waals surface area contributed by atoms with E-state index < -0.39 is 10.0 Å². The third kappa shape index (κ3) is 5.80. The summed E-state index contributed by atoms with van der Waals surface area (Å²) in [6.45, 7) is 0.730. The molecule has 136 valence electrons. The number of halogens is 1. The number of sulfonamides is 1. The largest absolute Gasteiger partial charge is 0.355 e. The lowest BCUT2D eigenvalue weighted by molar-refractivity contribution is 0.580. The van der Waals surface area contributed by atoms with E-state index in [1.807, 2.05) is 11.8 Å². The maximum absolute atomic E-state index is 12.1. The lowest BCUT2D eigenvalue weighted by Crippen LogP contribution is -2.45. The predicted molar refractivity (Wildman–Crippen MR) is 104 cm³/mol. The summed E-state index contributed by atoms with van der Waals surface area (Å²) in [7, 11) is -1.78. The van der Waals surface area contributed by atoms with Gasteiger partial charge in [0.25, 0.3) is 0 Å². The van der Waals surface area contributed by atoms with Crippen molar-refractivity contribution in [1.29, 1.82) is 0 Å². The van der Waals surface area contributed by atoms with Gasteiger partial charge in [0.2, 0.25) is 10.0 Å². The summed E-state index contributed by atoms with van der Waals surface area (Å²) in [6, 6.07) is 3.51. The van der Waals surface area contributed by atoms with Crippen molar-refractivity contribution >= 4 is 50.7 Å². The minimum atomic E-state index is -3.50. The first kappa shape index (κ1) is 19.8. The van der Waals surface area contributed by atoms with Crippen LogP contribution in [0.15, 0.2) is 21.3 Å². The van der Waals surface area contributed by atoms with E-state index >= 15 is 0 Å². The van der Waals surface area contributed by atoms with Gasteiger partial charge in [-0.05, 0) is 37.7 Å². The number of guanidine groups is 1. The summed E-state index contributed by atoms with van der Waals surface area (Å²) in [4.78, 5) is 4.19. The molecule has 2 unspecified atom stereocenters. The van der Waals surface area contributed by atoms with E-state index in [0.29, 0.717) is 28.1 Å². The van der Waals surface area contributed by atoms with E-state index in [2.05, 4.69) is 26.6 Å². The molecule has 0 bridgehead atoms. The monoisotopic (exact) mass is 410 g/mol. The molecule has 1 aliphatic carbocycles. The molecule has 3 N–H and O–H groups in total. The Bertz CT molecular complexity index is 663. The van der Waals surface area contributed by atoms with Gasteiger partial charge < -0.3 is 10.6 Å². The minimum absolute atomic E-state index is 0.226. The van der Waals surface area contributed by atoms with Gasteiger partial charge in [-0.25, -0.2) is 13.1 Å². The van der Waals surface area contributed by atoms with Crippen LogP contribution in [-0.2, 0) is 10.0 Å². The van der Waals surface area contributed by atoms with Gasteiger partial charge in [0, 0.05) is 31.4 Å². The van der Waals surface area contributed by atoms with Crippen molar-refractivity contribution in [3.8, 4) is 0 Å². The van der Waals surface area contributed by atoms with Gasteiger partial charge in [0.1, 0.15) is 4.21 Å². The normalized spacial score (nSPS) is 21.9. The van der Waals surface area contributed by atoms with E-state index in [-0.39, 0.29) is 10.8 Å². The highest BCUT2D eigenvalue weighted by Crippen LogP contribution is 2.28. The van der Waals surface area contributed by atoms with Crippen LogP contribution in [0.3, 0.4) is 0 Å². The Morgan fingerprint density at radius 2 is 2.21 bits per heavy atom. The Labute approximate surface area is 156 Å². The number of hydrogen-bond acceptors (Lipinski definition) is 5. The fraction of sp³-hybridized carbons (Fsp3) is 0.643. The Hall–Kier alpha value is -0.480. The van der Waals surface area contributed by atoms with Gasteiger partial charge >= 0.3 is 0 Å². The third-order valence-electron chi connectivity index (χ3n) is 3.81. The Morgan fingerprint density at radius 3 is 2.79 bits per heavy atom. The van der Waals surface area contributed by atoms with Crippen molar-refractivity contribution in [3.05, 3.63) is 16.5 Å². The van der Waals surface area contributed by atoms with Crippen LogP contribution < -0.4 is 15.4 Å². The number of nitrogens with one attached hydrogen (secondary N) is 3. The van der Waals surface area contributed by atoms with Crippen LogP contribution in [0.2, 0.25) is 4.34 Å². The van der Waals surface area contributed by atoms with Gasteiger partial charge in [0.15, 0.2) is 5.96 Å². The molecule has 1 heterocycles. The van der Waals surface area contributed by atoms with Crippen LogP contribution in [-0.4, -0.2) is 52.1 Å². The summed E-state index contributed by atoms with van der Waals surface area (Å²) >= 11 is 8.73. The number of thioether (sulfide) groups is 1. The molecule has 1 fully saturated rings. The number of rotatable bonds is 7. The smallest absolute Gasteiger partial charge is 0.250 e. The van der Waals surface area contributed by atoms with Crippen LogP contribution in [0.25, 0.3) is 0 Å². The first-order valence-electron chi connectivity index (χ1n) is 7.69. The number of aliphatic imine (C=N–C) groups is 1. The second-order valence-electron chi connectivity index (χ2n) is 5.47. The van der Waals surface area contributed by atoms with Gasteiger partial charge in [0.05, 0.1) is 4.34 Å². The van der Waals surface area contributed by atoms with Crippen LogP contribution in [0.5, 0.6) is 0 Å². The maximum atomic E-state index is 12.1. The van der Waals surface area contributed by atoms with E-state index in [0.717, 1.165) is 24.2 Å². The average molecular weight is 411 g/mol. The Kier molecular flexibility index (Phi) is 7.67. The van der Waals surface area contributed by atoms with Crippen molar-refractivity contribution in [2.24, 2.45) is 4.99 Å². The summed E-state index contributed by atoms with van der Waals surface area (Å²) < 4.78 is 27.4. The van der Waals surface area contributed by atoms with Crippen LogP contribution in [0, 0.1) is 0 Å². The second-order valence-corrected chi connectivity index (χ2v) is 10.3. The third-order valence-corrected chi connectivity index (χ3v) is 8.08. The van der Waals surface area contributed by atoms with Crippen molar-refractivity contribution in [2.75, 3.05) is 26.4 Å². The standard InChI is InChI=1S/C14H23ClN4O2S3/c1-16-14(19-10-3-4-11(9-10)22-2)17-7-8-18-24(20,21)13-6-5-12(15)23-13/h5-6,10-11,18H,3-4,7-9H2,1-2H3,(H2,16,17,19). The zero-order chi connectivity index (χ0) is 17.6. The highest BCUT2D eigenvalue weighted by atomic mass is 35.5. The number of hydrogen-bond donors (Lipinski definition) is 3. The van der Waals surface area contributed by atoms with Gasteiger partial charge in [-0.15, -0.1) is 11.3 Å². The quantitative estimate of drug-likeness (QED) is 0.364. The summed E-state index contributed by atoms with van der Waals surface area (Å²) in [6.07, 6.45) is 5.64. The van der Waals surface area contributed by atoms with Gasteiger partial charge in [-0.3, -0.25) is 4.99 Å². The molecule has 0 amide bonds. The van der Waals surface area contributed by atoms with Crippen molar-refractivity contribution in [1.82, 2.24) is 15.4 Å². The molecular formula is C14H23ClN4O2S3. The zero-order valence-electron chi connectivity index (χ0n) is 13.7. The van der Waals surface area contributed by atoms with E-state index in [1.54, 1.807) is 13.1 Å². The van der Waals surface area contributed by atoms with E-state index in [9.17, 15) is 8.42 Å². The lowest BCUT2D eigenvalue weighted by atomic mass is 10.2. The average Bonchev–Trinajstić information content (AvgIpc) is 3.19. The minimum Gasteiger partial charge on any atom is -0.355 e. The summed E-state index contributed by atoms with van der Waals surface area (Å²) in [5, 5.41) is 7.25. The second kappa shape index (κ2) is 9.28. The molecule has 2 atom stereocenters. The molecule has 6 nitrogen and oxygen atoms in total. The fourth-order valence-corrected chi connectivity index (χ4v) is 5.91. The zero-order valence-corrected chi connectivity index (χ0v) is 16.9. The lowest BCUT2D eigenvalue weighted by Gasteiger charge is -2.17. The summed E-state index contributed by atoms with van der Waals surface area (Å²) in [5.41, 5.74) is 0. The predicted octanol–water partition coefficient (Wildman–Crippen LogP) is 2.13. The molecule has 0 spiro atoms. The topological polar surface area (TPSA) is 82.6 Å². The highest BCUT2D eigenvalue weighted by molar-refractivity contribution is 7.99. The molecule has 1 aliphatic rings. The van der Waals surface area contributed by atoms with Crippen LogP contribution in [0.1, 0.15) is 19.3 Å². The number of thiophene rings is 1. The molecule has 0 aromatic carbocycles. The first-order chi connectivity index (χ1) is 11.4. The number of nitrogens with zero attached hydrogens (tertiary/aromatic N) is 1. The first-order valence-corrected chi connectivity index (χ1v) is 11.7. The SMILES string of the molecule is CN=C(NCCNS(=O)(=O)c1ccc(Cl)s1)NC1CCC(SC)C1. The van der Waals surface area contributed by atoms with Gasteiger partial charge in [-0.2, -0.15) is 11.8 Å². The van der Waals surface area contributed by atoms with Crippen molar-refractivity contribution in [2.45, 2.75) is 34.8 Å². The molecule has 0 radical (unpaired) electrons. The fourth-order valence-electron chi connectivity index (χ4n) is 2.55. The molecular weight excluding hydrogens is 388 g/mol. The van der Waals surface area contributed by atoms with Crippen molar-refractivity contribution < 1.29 is 8.42 Å². The van der Waals surface area contributed by atoms with Crippen LogP contribution in [0.4, 0.5) is 0 Å². The molecule has 0 saturated heterocycles. The summed E-state index contributed by atoms with van der Waals surface area (Å²) in [5.74, 6) is 0.708. The maximum Gasteiger partial charge on any atom is 0.250 e. The molecule has 2 rings (SSSR count). The van der Waals surface area contributed by atoms with E-state index in [1.165, 1.54) is 12.5 Å². The molecule has 1 aromatic heterocycles. The van der Waals surface area contributed by atoms with Crippen molar-refractivity contribution in [3.63, 3.8) is 0 Å². The molecule has 24 heavy (non-hydrogen) atoms. The van der Waals surface area contributed by atoms with E-state index in [4.69, 9.17) is 11.6 Å². The van der Waals surface area contributed by atoms with Crippen LogP contribution >= 0.6 is 34.7 Å². The highest BCUT2D eigenvalue weighted by Gasteiger charge is 2.24. The molecule has 0 aliphatic heterocycles. The molecule has 1 saturated carbocycles. The Balaban J connectivity index is 1.72. The molecule has 10 heteroatoms.